The third kappa shape index (κ3) is 1.99. The molecule has 25 heavy (non-hydrogen) atoms. The van der Waals surface area contributed by atoms with Gasteiger partial charge in [0.15, 0.2) is 0 Å². The second-order valence-corrected chi connectivity index (χ2v) is 6.23. The highest BCUT2D eigenvalue weighted by atomic mass is 16.2. The van der Waals surface area contributed by atoms with Crippen LogP contribution in [0.25, 0.3) is 37.9 Å². The van der Waals surface area contributed by atoms with Gasteiger partial charge in [0.2, 0.25) is 0 Å². The highest BCUT2D eigenvalue weighted by molar-refractivity contribution is 6.36. The predicted molar refractivity (Wildman–Crippen MR) is 100 cm³/mol. The van der Waals surface area contributed by atoms with Crippen LogP contribution in [0.5, 0.6) is 0 Å². The molecule has 1 aliphatic rings. The molecule has 3 heteroatoms. The molecule has 0 spiro atoms. The van der Waals surface area contributed by atoms with E-state index in [0.29, 0.717) is 5.57 Å². The van der Waals surface area contributed by atoms with Crippen LogP contribution in [0.2, 0.25) is 0 Å². The van der Waals surface area contributed by atoms with Crippen LogP contribution >= 0.6 is 0 Å². The quantitative estimate of drug-likeness (QED) is 0.422. The highest BCUT2D eigenvalue weighted by Gasteiger charge is 2.24. The fraction of sp³-hybridized carbons (Fsp3) is 0. The minimum absolute atomic E-state index is 0.338. The first kappa shape index (κ1) is 13.9. The largest absolute Gasteiger partial charge is 0.289 e. The van der Waals surface area contributed by atoms with Crippen LogP contribution in [0.1, 0.15) is 5.56 Å². The molecule has 0 bridgehead atoms. The van der Waals surface area contributed by atoms with Crippen molar-refractivity contribution in [2.45, 2.75) is 0 Å². The monoisotopic (exact) mass is 323 g/mol. The molecular weight excluding hydrogens is 310 g/mol. The van der Waals surface area contributed by atoms with Gasteiger partial charge in [0.1, 0.15) is 0 Å². The minimum Gasteiger partial charge on any atom is -0.289 e. The van der Waals surface area contributed by atoms with Gasteiger partial charge in [0.25, 0.3) is 11.8 Å². The maximum atomic E-state index is 12.2. The fourth-order valence-electron chi connectivity index (χ4n) is 3.70. The summed E-state index contributed by atoms with van der Waals surface area (Å²) in [4.78, 5) is 23.9. The molecule has 5 rings (SSSR count). The summed E-state index contributed by atoms with van der Waals surface area (Å²) in [6, 6.07) is 22.5. The van der Waals surface area contributed by atoms with Gasteiger partial charge < -0.3 is 0 Å². The van der Waals surface area contributed by atoms with Crippen molar-refractivity contribution >= 4 is 49.7 Å². The molecule has 0 aromatic heterocycles. The number of fused-ring (bicyclic) bond motifs is 5. The van der Waals surface area contributed by atoms with Gasteiger partial charge in [-0.2, -0.15) is 0 Å². The van der Waals surface area contributed by atoms with Crippen molar-refractivity contribution < 1.29 is 9.59 Å². The summed E-state index contributed by atoms with van der Waals surface area (Å²) in [5.41, 5.74) is 1.22. The number of carbonyl (C=O) groups is 2. The lowest BCUT2D eigenvalue weighted by atomic mass is 9.91. The molecule has 4 aromatic carbocycles. The lowest BCUT2D eigenvalue weighted by molar-refractivity contribution is -0.123. The van der Waals surface area contributed by atoms with Crippen molar-refractivity contribution in [2.75, 3.05) is 0 Å². The third-order valence-electron chi connectivity index (χ3n) is 4.81. The number of rotatable bonds is 1. The van der Waals surface area contributed by atoms with Gasteiger partial charge >= 0.3 is 0 Å². The summed E-state index contributed by atoms with van der Waals surface area (Å²) in [5.74, 6) is -0.697. The van der Waals surface area contributed by atoms with E-state index in [4.69, 9.17) is 0 Å². The number of imide groups is 1. The minimum atomic E-state index is -0.359. The summed E-state index contributed by atoms with van der Waals surface area (Å²) in [5, 5.41) is 8.91. The van der Waals surface area contributed by atoms with Gasteiger partial charge in [0, 0.05) is 6.08 Å². The Morgan fingerprint density at radius 3 is 2.08 bits per heavy atom. The van der Waals surface area contributed by atoms with E-state index in [9.17, 15) is 9.59 Å². The molecular formula is C22H13NO2. The van der Waals surface area contributed by atoms with E-state index in [1.54, 1.807) is 0 Å². The molecule has 0 saturated carbocycles. The zero-order valence-electron chi connectivity index (χ0n) is 13.2. The van der Waals surface area contributed by atoms with Crippen LogP contribution in [-0.2, 0) is 9.59 Å². The van der Waals surface area contributed by atoms with E-state index in [1.165, 1.54) is 6.08 Å². The van der Waals surface area contributed by atoms with E-state index in [0.717, 1.165) is 37.9 Å². The van der Waals surface area contributed by atoms with E-state index < -0.39 is 0 Å². The molecule has 4 aromatic rings. The molecule has 1 aliphatic heterocycles. The van der Waals surface area contributed by atoms with Crippen LogP contribution in [0.15, 0.2) is 72.8 Å². The Kier molecular flexibility index (Phi) is 2.80. The number of hydrogen-bond donors (Lipinski definition) is 1. The molecule has 0 radical (unpaired) electrons. The molecule has 0 unspecified atom stereocenters. The number of carbonyl (C=O) groups excluding carboxylic acids is 2. The molecule has 1 N–H and O–H groups in total. The number of benzene rings is 4. The highest BCUT2D eigenvalue weighted by Crippen LogP contribution is 2.36. The first-order valence-electron chi connectivity index (χ1n) is 8.13. The Bertz CT molecular complexity index is 1250. The fourth-order valence-corrected chi connectivity index (χ4v) is 3.70. The van der Waals surface area contributed by atoms with Crippen molar-refractivity contribution in [3.05, 3.63) is 78.4 Å². The van der Waals surface area contributed by atoms with Gasteiger partial charge in [-0.1, -0.05) is 60.7 Å². The van der Waals surface area contributed by atoms with Gasteiger partial charge in [-0.15, -0.1) is 0 Å². The zero-order chi connectivity index (χ0) is 17.0. The van der Waals surface area contributed by atoms with Crippen LogP contribution in [0.3, 0.4) is 0 Å². The van der Waals surface area contributed by atoms with E-state index in [2.05, 4.69) is 35.6 Å². The van der Waals surface area contributed by atoms with E-state index >= 15 is 0 Å². The van der Waals surface area contributed by atoms with Crippen molar-refractivity contribution in [3.63, 3.8) is 0 Å². The van der Waals surface area contributed by atoms with Crippen LogP contribution in [0.4, 0.5) is 0 Å². The van der Waals surface area contributed by atoms with E-state index in [1.807, 2.05) is 36.4 Å². The Labute approximate surface area is 143 Å². The summed E-state index contributed by atoms with van der Waals surface area (Å²) in [6.07, 6.45) is 1.39. The summed E-state index contributed by atoms with van der Waals surface area (Å²) >= 11 is 0. The van der Waals surface area contributed by atoms with Crippen molar-refractivity contribution in [3.8, 4) is 0 Å². The average Bonchev–Trinajstić information content (AvgIpc) is 2.98. The number of amides is 2. The predicted octanol–water partition coefficient (Wildman–Crippen LogP) is 4.19. The maximum Gasteiger partial charge on any atom is 0.258 e. The van der Waals surface area contributed by atoms with Gasteiger partial charge in [0.05, 0.1) is 5.57 Å². The average molecular weight is 323 g/mol. The molecule has 0 aliphatic carbocycles. The Morgan fingerprint density at radius 1 is 0.640 bits per heavy atom. The molecule has 0 atom stereocenters. The topological polar surface area (TPSA) is 46.2 Å². The second kappa shape index (κ2) is 5.02. The maximum absolute atomic E-state index is 12.2. The van der Waals surface area contributed by atoms with Crippen molar-refractivity contribution in [1.82, 2.24) is 5.32 Å². The van der Waals surface area contributed by atoms with Crippen molar-refractivity contribution in [2.24, 2.45) is 0 Å². The summed E-state index contributed by atoms with van der Waals surface area (Å²) in [6.45, 7) is 0. The molecule has 1 heterocycles. The van der Waals surface area contributed by atoms with Crippen LogP contribution < -0.4 is 5.32 Å². The van der Waals surface area contributed by atoms with Gasteiger partial charge in [-0.05, 0) is 43.9 Å². The summed E-state index contributed by atoms with van der Waals surface area (Å²) in [7, 11) is 0. The zero-order valence-corrected chi connectivity index (χ0v) is 13.2. The third-order valence-corrected chi connectivity index (χ3v) is 4.81. The first-order valence-corrected chi connectivity index (χ1v) is 8.13. The Morgan fingerprint density at radius 2 is 1.32 bits per heavy atom. The van der Waals surface area contributed by atoms with Crippen LogP contribution in [0, 0.1) is 0 Å². The lowest BCUT2D eigenvalue weighted by Crippen LogP contribution is -2.21. The Hall–Kier alpha value is -3.46. The number of hydrogen-bond acceptors (Lipinski definition) is 2. The second-order valence-electron chi connectivity index (χ2n) is 6.23. The Balaban J connectivity index is 1.99. The molecule has 118 valence electrons. The normalized spacial score (nSPS) is 14.3. The van der Waals surface area contributed by atoms with E-state index in [-0.39, 0.29) is 11.8 Å². The standard InChI is InChI=1S/C22H13NO2/c24-21-12-20(22(25)23-21)19-11-18-14-6-2-1-5-13(14)9-10-17(18)15-7-3-4-8-16(15)19/h1-12H,(H,23,24,25). The van der Waals surface area contributed by atoms with Crippen molar-refractivity contribution in [1.29, 1.82) is 0 Å². The van der Waals surface area contributed by atoms with Gasteiger partial charge in [-0.3, -0.25) is 14.9 Å². The summed E-state index contributed by atoms with van der Waals surface area (Å²) < 4.78 is 0. The molecule has 0 saturated heterocycles. The number of nitrogens with one attached hydrogen (secondary N) is 1. The smallest absolute Gasteiger partial charge is 0.258 e. The molecule has 3 nitrogen and oxygen atoms in total. The molecule has 2 amide bonds. The van der Waals surface area contributed by atoms with Crippen LogP contribution in [-0.4, -0.2) is 11.8 Å². The molecule has 0 fully saturated rings. The lowest BCUT2D eigenvalue weighted by Gasteiger charge is -2.12. The SMILES string of the molecule is O=C1C=C(c2cc3c4ccccc4ccc3c3ccccc23)C(=O)N1. The first-order chi connectivity index (χ1) is 12.2. The van der Waals surface area contributed by atoms with Gasteiger partial charge in [-0.25, -0.2) is 0 Å².